The number of hydrogen-bond donors (Lipinski definition) is 2. The highest BCUT2D eigenvalue weighted by Gasteiger charge is 2.44. The molecule has 1 aliphatic rings. The molecule has 0 saturated heterocycles. The van der Waals surface area contributed by atoms with E-state index in [0.717, 1.165) is 50.0 Å². The molecule has 2 rings (SSSR count). The van der Waals surface area contributed by atoms with Gasteiger partial charge in [0, 0.05) is 18.9 Å². The van der Waals surface area contributed by atoms with Gasteiger partial charge in [-0.1, -0.05) is 32.4 Å². The quantitative estimate of drug-likeness (QED) is 0.444. The number of carboxylic acids is 1. The number of ether oxygens (including phenoxy) is 2. The monoisotopic (exact) mass is 476 g/mol. The lowest BCUT2D eigenvalue weighted by molar-refractivity contribution is -0.168. The van der Waals surface area contributed by atoms with E-state index in [4.69, 9.17) is 9.47 Å². The lowest BCUT2D eigenvalue weighted by Gasteiger charge is -2.44. The van der Waals surface area contributed by atoms with Crippen molar-refractivity contribution in [1.29, 1.82) is 0 Å². The molecule has 2 atom stereocenters. The Morgan fingerprint density at radius 2 is 1.68 bits per heavy atom. The number of nitrogens with one attached hydrogen (secondary N) is 1. The summed E-state index contributed by atoms with van der Waals surface area (Å²) in [5.74, 6) is -1.48. The summed E-state index contributed by atoms with van der Waals surface area (Å²) in [6, 6.07) is 6.93. The van der Waals surface area contributed by atoms with Gasteiger partial charge in [-0.05, 0) is 63.4 Å². The van der Waals surface area contributed by atoms with Crippen molar-refractivity contribution in [3.8, 4) is 5.75 Å². The first-order valence-electron chi connectivity index (χ1n) is 12.1. The van der Waals surface area contributed by atoms with Crippen LogP contribution in [-0.4, -0.2) is 67.2 Å². The maximum absolute atomic E-state index is 12.9. The van der Waals surface area contributed by atoms with Crippen LogP contribution >= 0.6 is 0 Å². The van der Waals surface area contributed by atoms with Gasteiger partial charge in [-0.2, -0.15) is 0 Å². The fourth-order valence-corrected chi connectivity index (χ4v) is 4.70. The van der Waals surface area contributed by atoms with Gasteiger partial charge in [0.15, 0.2) is 0 Å². The number of esters is 1. The Morgan fingerprint density at radius 1 is 1.06 bits per heavy atom. The van der Waals surface area contributed by atoms with Crippen LogP contribution in [0.4, 0.5) is 0 Å². The fraction of sp³-hybridized carbons (Fsp3) is 0.654. The van der Waals surface area contributed by atoms with E-state index in [0.29, 0.717) is 0 Å². The van der Waals surface area contributed by atoms with Gasteiger partial charge >= 0.3 is 11.9 Å². The van der Waals surface area contributed by atoms with E-state index in [1.807, 2.05) is 38.4 Å². The molecular weight excluding hydrogens is 436 g/mol. The van der Waals surface area contributed by atoms with Gasteiger partial charge in [-0.15, -0.1) is 0 Å². The van der Waals surface area contributed by atoms with Crippen LogP contribution in [-0.2, 0) is 19.1 Å². The van der Waals surface area contributed by atoms with E-state index in [2.05, 4.69) is 10.2 Å². The van der Waals surface area contributed by atoms with E-state index >= 15 is 0 Å². The zero-order valence-electron chi connectivity index (χ0n) is 21.1. The van der Waals surface area contributed by atoms with Gasteiger partial charge in [-0.25, -0.2) is 4.79 Å². The molecule has 2 N–H and O–H groups in total. The zero-order chi connectivity index (χ0) is 25.3. The summed E-state index contributed by atoms with van der Waals surface area (Å²) in [7, 11) is 5.65. The average molecular weight is 477 g/mol. The Morgan fingerprint density at radius 3 is 2.18 bits per heavy atom. The van der Waals surface area contributed by atoms with Gasteiger partial charge in [0.2, 0.25) is 5.91 Å². The number of rotatable bonds is 12. The standard InChI is InChI=1S/C26H40N2O6/c1-18(2)24(25(31)32)27-22(29)13-14-23(30)34-26(15-7-6-8-16-26)21(17-28(3)4)19-9-11-20(33-5)12-10-19/h9-12,18,21,24H,6-8,13-17H2,1-5H3,(H,27,29)(H,31,32). The summed E-state index contributed by atoms with van der Waals surface area (Å²) in [6.07, 6.45) is 4.39. The summed E-state index contributed by atoms with van der Waals surface area (Å²) >= 11 is 0. The van der Waals surface area contributed by atoms with Crippen molar-refractivity contribution < 1.29 is 29.0 Å². The van der Waals surface area contributed by atoms with Crippen LogP contribution in [0.25, 0.3) is 0 Å². The van der Waals surface area contributed by atoms with Crippen molar-refractivity contribution in [2.45, 2.75) is 76.4 Å². The Kier molecular flexibility index (Phi) is 10.4. The van der Waals surface area contributed by atoms with Gasteiger partial charge in [0.1, 0.15) is 17.4 Å². The number of amides is 1. The zero-order valence-corrected chi connectivity index (χ0v) is 21.1. The minimum Gasteiger partial charge on any atom is -0.497 e. The second-order valence-corrected chi connectivity index (χ2v) is 9.81. The SMILES string of the molecule is COc1ccc(C(CN(C)C)C2(OC(=O)CCC(=O)NC(C(=O)O)C(C)C)CCCCC2)cc1. The molecule has 8 heteroatoms. The van der Waals surface area contributed by atoms with E-state index < -0.39 is 29.5 Å². The molecule has 190 valence electrons. The topological polar surface area (TPSA) is 105 Å². The largest absolute Gasteiger partial charge is 0.497 e. The Balaban J connectivity index is 2.16. The van der Waals surface area contributed by atoms with Crippen LogP contribution in [0, 0.1) is 5.92 Å². The van der Waals surface area contributed by atoms with Crippen molar-refractivity contribution >= 4 is 17.8 Å². The number of carboxylic acid groups (broad SMARTS) is 1. The molecule has 1 aromatic rings. The van der Waals surface area contributed by atoms with E-state index in [9.17, 15) is 19.5 Å². The Bertz CT molecular complexity index is 815. The molecule has 34 heavy (non-hydrogen) atoms. The summed E-state index contributed by atoms with van der Waals surface area (Å²) in [5, 5.41) is 11.8. The summed E-state index contributed by atoms with van der Waals surface area (Å²) < 4.78 is 11.5. The van der Waals surface area contributed by atoms with Crippen LogP contribution in [0.3, 0.4) is 0 Å². The van der Waals surface area contributed by atoms with Crippen LogP contribution in [0.1, 0.15) is 70.3 Å². The minimum atomic E-state index is -1.09. The maximum Gasteiger partial charge on any atom is 0.326 e. The van der Waals surface area contributed by atoms with E-state index in [1.54, 1.807) is 21.0 Å². The number of carbonyl (C=O) groups is 3. The number of aliphatic carboxylic acids is 1. The van der Waals surface area contributed by atoms with Crippen molar-refractivity contribution in [3.63, 3.8) is 0 Å². The predicted octanol–water partition coefficient (Wildman–Crippen LogP) is 3.59. The van der Waals surface area contributed by atoms with Crippen molar-refractivity contribution in [2.24, 2.45) is 5.92 Å². The molecule has 0 radical (unpaired) electrons. The number of nitrogens with zero attached hydrogens (tertiary/aromatic N) is 1. The second-order valence-electron chi connectivity index (χ2n) is 9.81. The van der Waals surface area contributed by atoms with Gasteiger partial charge in [-0.3, -0.25) is 9.59 Å². The van der Waals surface area contributed by atoms with Crippen LogP contribution < -0.4 is 10.1 Å². The predicted molar refractivity (Wildman–Crippen MR) is 130 cm³/mol. The molecule has 0 bridgehead atoms. The average Bonchev–Trinajstić information content (AvgIpc) is 2.79. The lowest BCUT2D eigenvalue weighted by atomic mass is 9.72. The summed E-state index contributed by atoms with van der Waals surface area (Å²) in [6.45, 7) is 4.17. The number of carbonyl (C=O) groups excluding carboxylic acids is 2. The third-order valence-electron chi connectivity index (χ3n) is 6.52. The Hall–Kier alpha value is -2.61. The van der Waals surface area contributed by atoms with Crippen molar-refractivity contribution in [1.82, 2.24) is 10.2 Å². The second kappa shape index (κ2) is 12.7. The van der Waals surface area contributed by atoms with E-state index in [-0.39, 0.29) is 24.7 Å². The Labute approximate surface area is 203 Å². The first-order chi connectivity index (χ1) is 16.1. The molecule has 0 aliphatic heterocycles. The molecule has 1 amide bonds. The lowest BCUT2D eigenvalue weighted by Crippen LogP contribution is -2.47. The molecular formula is C26H40N2O6. The smallest absolute Gasteiger partial charge is 0.326 e. The highest BCUT2D eigenvalue weighted by molar-refractivity contribution is 5.86. The first-order valence-corrected chi connectivity index (χ1v) is 12.1. The number of methoxy groups -OCH3 is 1. The molecule has 1 saturated carbocycles. The molecule has 0 spiro atoms. The van der Waals surface area contributed by atoms with Crippen LogP contribution in [0.5, 0.6) is 5.75 Å². The number of likely N-dealkylation sites (N-methyl/N-ethyl adjacent to an activating group) is 1. The molecule has 0 aromatic heterocycles. The molecule has 1 aromatic carbocycles. The third-order valence-corrected chi connectivity index (χ3v) is 6.52. The highest BCUT2D eigenvalue weighted by atomic mass is 16.6. The first kappa shape index (κ1) is 27.6. The molecule has 8 nitrogen and oxygen atoms in total. The molecule has 0 heterocycles. The minimum absolute atomic E-state index is 0.0242. The number of benzene rings is 1. The fourth-order valence-electron chi connectivity index (χ4n) is 4.70. The molecule has 1 aliphatic carbocycles. The maximum atomic E-state index is 12.9. The summed E-state index contributed by atoms with van der Waals surface area (Å²) in [4.78, 5) is 38.7. The van der Waals surface area contributed by atoms with Crippen molar-refractivity contribution in [2.75, 3.05) is 27.7 Å². The van der Waals surface area contributed by atoms with E-state index in [1.165, 1.54) is 0 Å². The summed E-state index contributed by atoms with van der Waals surface area (Å²) in [5.41, 5.74) is 0.440. The van der Waals surface area contributed by atoms with Crippen LogP contribution in [0.2, 0.25) is 0 Å². The highest BCUT2D eigenvalue weighted by Crippen LogP contribution is 2.44. The normalized spacial score (nSPS) is 17.1. The van der Waals surface area contributed by atoms with Gasteiger partial charge in [0.25, 0.3) is 0 Å². The number of hydrogen-bond acceptors (Lipinski definition) is 6. The third kappa shape index (κ3) is 7.72. The molecule has 1 fully saturated rings. The van der Waals surface area contributed by atoms with Crippen LogP contribution in [0.15, 0.2) is 24.3 Å². The van der Waals surface area contributed by atoms with Gasteiger partial charge in [0.05, 0.1) is 13.5 Å². The molecule has 2 unspecified atom stereocenters. The van der Waals surface area contributed by atoms with Crippen molar-refractivity contribution in [3.05, 3.63) is 29.8 Å². The van der Waals surface area contributed by atoms with Gasteiger partial charge < -0.3 is 24.8 Å².